The predicted molar refractivity (Wildman–Crippen MR) is 107 cm³/mol. The molecule has 2 aromatic heterocycles. The minimum absolute atomic E-state index is 0.0515. The van der Waals surface area contributed by atoms with E-state index in [0.717, 1.165) is 44.1 Å². The Balaban J connectivity index is 2.08. The van der Waals surface area contributed by atoms with Crippen molar-refractivity contribution in [1.82, 2.24) is 20.0 Å². The third-order valence-corrected chi connectivity index (χ3v) is 4.97. The highest BCUT2D eigenvalue weighted by atomic mass is 35.5. The molecule has 0 aliphatic carbocycles. The quantitative estimate of drug-likeness (QED) is 0.615. The molecule has 1 aromatic carbocycles. The summed E-state index contributed by atoms with van der Waals surface area (Å²) >= 11 is 6.51. The number of aromatic nitrogens is 4. The van der Waals surface area contributed by atoms with E-state index in [4.69, 9.17) is 26.1 Å². The smallest absolute Gasteiger partial charge is 0.135 e. The Morgan fingerprint density at radius 2 is 1.78 bits per heavy atom. The molecule has 0 aliphatic heterocycles. The molecule has 0 saturated carbocycles. The van der Waals surface area contributed by atoms with E-state index in [2.05, 4.69) is 23.3 Å². The number of ether oxygens (including phenoxy) is 2. The third kappa shape index (κ3) is 4.13. The van der Waals surface area contributed by atoms with Crippen LogP contribution in [-0.2, 0) is 15.9 Å². The molecule has 3 aromatic rings. The maximum absolute atomic E-state index is 6.51. The SMILES string of the molecule is COCC(COC)n1nnc2c(Cc3c(C)cc(C)cc3Cl)nc(C)cc21. The number of nitrogens with zero attached hydrogens (tertiary/aromatic N) is 4. The zero-order valence-corrected chi connectivity index (χ0v) is 17.2. The lowest BCUT2D eigenvalue weighted by Crippen LogP contribution is -2.21. The molecular formula is C20H25ClN4O2. The molecule has 0 bridgehead atoms. The van der Waals surface area contributed by atoms with Gasteiger partial charge in [-0.15, -0.1) is 5.10 Å². The molecular weight excluding hydrogens is 364 g/mol. The molecule has 0 radical (unpaired) electrons. The summed E-state index contributed by atoms with van der Waals surface area (Å²) < 4.78 is 12.5. The molecule has 0 spiro atoms. The highest BCUT2D eigenvalue weighted by Gasteiger charge is 2.20. The monoisotopic (exact) mass is 388 g/mol. The molecule has 6 nitrogen and oxygen atoms in total. The molecule has 2 heterocycles. The minimum atomic E-state index is -0.0515. The fourth-order valence-electron chi connectivity index (χ4n) is 3.44. The lowest BCUT2D eigenvalue weighted by Gasteiger charge is -2.16. The number of rotatable bonds is 7. The van der Waals surface area contributed by atoms with Gasteiger partial charge in [-0.2, -0.15) is 0 Å². The van der Waals surface area contributed by atoms with Crippen molar-refractivity contribution in [3.05, 3.63) is 51.3 Å². The summed E-state index contributed by atoms with van der Waals surface area (Å²) in [6.07, 6.45) is 0.612. The largest absolute Gasteiger partial charge is 0.382 e. The number of hydrogen-bond donors (Lipinski definition) is 0. The van der Waals surface area contributed by atoms with E-state index in [9.17, 15) is 0 Å². The third-order valence-electron chi connectivity index (χ3n) is 4.63. The molecule has 144 valence electrons. The van der Waals surface area contributed by atoms with Gasteiger partial charge in [-0.3, -0.25) is 4.98 Å². The van der Waals surface area contributed by atoms with Gasteiger partial charge in [-0.25, -0.2) is 4.68 Å². The number of methoxy groups -OCH3 is 2. The summed E-state index contributed by atoms with van der Waals surface area (Å²) in [6.45, 7) is 7.08. The van der Waals surface area contributed by atoms with Crippen LogP contribution in [0.5, 0.6) is 0 Å². The molecule has 27 heavy (non-hydrogen) atoms. The van der Waals surface area contributed by atoms with Crippen LogP contribution in [0.3, 0.4) is 0 Å². The Morgan fingerprint density at radius 3 is 2.41 bits per heavy atom. The highest BCUT2D eigenvalue weighted by Crippen LogP contribution is 2.27. The van der Waals surface area contributed by atoms with Crippen LogP contribution in [0.15, 0.2) is 18.2 Å². The Kier molecular flexibility index (Phi) is 6.09. The van der Waals surface area contributed by atoms with Crippen molar-refractivity contribution in [2.75, 3.05) is 27.4 Å². The van der Waals surface area contributed by atoms with E-state index in [-0.39, 0.29) is 6.04 Å². The van der Waals surface area contributed by atoms with Crippen LogP contribution in [0.4, 0.5) is 0 Å². The van der Waals surface area contributed by atoms with E-state index < -0.39 is 0 Å². The first kappa shape index (κ1) is 19.7. The average Bonchev–Trinajstić information content (AvgIpc) is 3.01. The van der Waals surface area contributed by atoms with Crippen molar-refractivity contribution in [2.45, 2.75) is 33.2 Å². The molecule has 3 rings (SSSR count). The topological polar surface area (TPSA) is 62.1 Å². The second kappa shape index (κ2) is 8.33. The van der Waals surface area contributed by atoms with Crippen molar-refractivity contribution in [3.63, 3.8) is 0 Å². The first-order valence-electron chi connectivity index (χ1n) is 8.89. The maximum Gasteiger partial charge on any atom is 0.135 e. The number of pyridine rings is 1. The average molecular weight is 389 g/mol. The summed E-state index contributed by atoms with van der Waals surface area (Å²) in [5.74, 6) is 0. The summed E-state index contributed by atoms with van der Waals surface area (Å²) in [6, 6.07) is 6.07. The van der Waals surface area contributed by atoms with Gasteiger partial charge in [0.1, 0.15) is 11.6 Å². The highest BCUT2D eigenvalue weighted by molar-refractivity contribution is 6.31. The minimum Gasteiger partial charge on any atom is -0.382 e. The zero-order chi connectivity index (χ0) is 19.6. The molecule has 0 aliphatic rings. The number of aryl methyl sites for hydroxylation is 3. The van der Waals surface area contributed by atoms with Gasteiger partial charge in [0.2, 0.25) is 0 Å². The van der Waals surface area contributed by atoms with Crippen LogP contribution in [-0.4, -0.2) is 47.4 Å². The van der Waals surface area contributed by atoms with E-state index >= 15 is 0 Å². The first-order chi connectivity index (χ1) is 12.9. The van der Waals surface area contributed by atoms with E-state index in [1.54, 1.807) is 14.2 Å². The van der Waals surface area contributed by atoms with E-state index in [1.165, 1.54) is 0 Å². The second-order valence-electron chi connectivity index (χ2n) is 6.90. The van der Waals surface area contributed by atoms with Gasteiger partial charge in [0.05, 0.1) is 24.4 Å². The van der Waals surface area contributed by atoms with Crippen molar-refractivity contribution in [2.24, 2.45) is 0 Å². The fraction of sp³-hybridized carbons (Fsp3) is 0.450. The van der Waals surface area contributed by atoms with Gasteiger partial charge in [0, 0.05) is 31.4 Å². The lowest BCUT2D eigenvalue weighted by atomic mass is 10.0. The predicted octanol–water partition coefficient (Wildman–Crippen LogP) is 3.83. The van der Waals surface area contributed by atoms with Crippen molar-refractivity contribution in [3.8, 4) is 0 Å². The van der Waals surface area contributed by atoms with Crippen LogP contribution in [0, 0.1) is 20.8 Å². The molecule has 0 atom stereocenters. The molecule has 0 N–H and O–H groups in total. The van der Waals surface area contributed by atoms with E-state index in [0.29, 0.717) is 19.6 Å². The first-order valence-corrected chi connectivity index (χ1v) is 9.27. The maximum atomic E-state index is 6.51. The Labute approximate surface area is 164 Å². The Hall–Kier alpha value is -2.02. The fourth-order valence-corrected chi connectivity index (χ4v) is 3.83. The van der Waals surface area contributed by atoms with E-state index in [1.807, 2.05) is 30.7 Å². The number of halogens is 1. The molecule has 0 unspecified atom stereocenters. The van der Waals surface area contributed by atoms with Crippen molar-refractivity contribution >= 4 is 22.6 Å². The molecule has 0 fully saturated rings. The standard InChI is InChI=1S/C20H25ClN4O2/c1-12-6-13(2)16(17(21)7-12)9-18-20-19(8-14(3)22-18)25(24-23-20)15(10-26-4)11-27-5/h6-8,15H,9-11H2,1-5H3. The summed E-state index contributed by atoms with van der Waals surface area (Å²) in [5.41, 5.74) is 6.87. The van der Waals surface area contributed by atoms with Gasteiger partial charge < -0.3 is 9.47 Å². The van der Waals surface area contributed by atoms with Gasteiger partial charge in [0.25, 0.3) is 0 Å². The zero-order valence-electron chi connectivity index (χ0n) is 16.4. The number of fused-ring (bicyclic) bond motifs is 1. The van der Waals surface area contributed by atoms with Crippen molar-refractivity contribution in [1.29, 1.82) is 0 Å². The summed E-state index contributed by atoms with van der Waals surface area (Å²) in [4.78, 5) is 4.73. The van der Waals surface area contributed by atoms with Crippen LogP contribution in [0.1, 0.15) is 34.1 Å². The van der Waals surface area contributed by atoms with Gasteiger partial charge in [-0.1, -0.05) is 22.9 Å². The number of benzene rings is 1. The van der Waals surface area contributed by atoms with Gasteiger partial charge >= 0.3 is 0 Å². The second-order valence-corrected chi connectivity index (χ2v) is 7.30. The van der Waals surface area contributed by atoms with Gasteiger partial charge in [-0.05, 0) is 49.6 Å². The van der Waals surface area contributed by atoms with Crippen LogP contribution in [0.25, 0.3) is 11.0 Å². The van der Waals surface area contributed by atoms with Crippen molar-refractivity contribution < 1.29 is 9.47 Å². The lowest BCUT2D eigenvalue weighted by molar-refractivity contribution is 0.0850. The summed E-state index contributed by atoms with van der Waals surface area (Å²) in [5, 5.41) is 9.54. The Morgan fingerprint density at radius 1 is 1.07 bits per heavy atom. The normalized spacial score (nSPS) is 11.7. The van der Waals surface area contributed by atoms with Crippen LogP contribution in [0.2, 0.25) is 5.02 Å². The van der Waals surface area contributed by atoms with Crippen LogP contribution < -0.4 is 0 Å². The van der Waals surface area contributed by atoms with Gasteiger partial charge in [0.15, 0.2) is 0 Å². The van der Waals surface area contributed by atoms with Crippen LogP contribution >= 0.6 is 11.6 Å². The molecule has 0 saturated heterocycles. The molecule has 7 heteroatoms. The number of hydrogen-bond acceptors (Lipinski definition) is 5. The summed E-state index contributed by atoms with van der Waals surface area (Å²) in [7, 11) is 3.34. The Bertz CT molecular complexity index is 926. The molecule has 0 amide bonds.